The first-order valence-electron chi connectivity index (χ1n) is 13.4. The Morgan fingerprint density at radius 3 is 2.40 bits per heavy atom. The van der Waals surface area contributed by atoms with Gasteiger partial charge in [0.15, 0.2) is 0 Å². The number of carbonyl (C=O) groups is 3. The summed E-state index contributed by atoms with van der Waals surface area (Å²) in [5, 5.41) is 8.14. The fourth-order valence-electron chi connectivity index (χ4n) is 4.87. The Bertz CT molecular complexity index is 1380. The van der Waals surface area contributed by atoms with Crippen molar-refractivity contribution in [3.63, 3.8) is 0 Å². The average Bonchev–Trinajstić information content (AvgIpc) is 3.22. The minimum atomic E-state index is -2.15. The van der Waals surface area contributed by atoms with Gasteiger partial charge in [0.2, 0.25) is 0 Å². The normalized spacial score (nSPS) is 21.6. The van der Waals surface area contributed by atoms with Crippen LogP contribution in [0, 0.1) is 5.82 Å². The van der Waals surface area contributed by atoms with Gasteiger partial charge in [-0.1, -0.05) is 12.1 Å². The third kappa shape index (κ3) is 8.04. The van der Waals surface area contributed by atoms with Crippen LogP contribution in [0.3, 0.4) is 0 Å². The third-order valence-electron chi connectivity index (χ3n) is 6.89. The number of benzene rings is 2. The van der Waals surface area contributed by atoms with E-state index >= 15 is 0 Å². The minimum absolute atomic E-state index is 0.0364. The van der Waals surface area contributed by atoms with E-state index in [1.165, 1.54) is 12.1 Å². The van der Waals surface area contributed by atoms with Gasteiger partial charge >= 0.3 is 6.03 Å². The van der Waals surface area contributed by atoms with Gasteiger partial charge in [0.1, 0.15) is 5.82 Å². The molecule has 2 saturated heterocycles. The first-order chi connectivity index (χ1) is 18.8. The van der Waals surface area contributed by atoms with Gasteiger partial charge in [-0.3, -0.25) is 18.7 Å². The number of hydrogen-bond donors (Lipinski definition) is 3. The van der Waals surface area contributed by atoms with E-state index < -0.39 is 21.4 Å². The van der Waals surface area contributed by atoms with Crippen LogP contribution in [0.15, 0.2) is 42.5 Å². The summed E-state index contributed by atoms with van der Waals surface area (Å²) in [6.07, 6.45) is 0.569. The first kappa shape index (κ1) is 29.5. The zero-order valence-electron chi connectivity index (χ0n) is 23.3. The highest BCUT2D eigenvalue weighted by molar-refractivity contribution is 8.00. The lowest BCUT2D eigenvalue weighted by molar-refractivity contribution is 0.0627. The Hall–Kier alpha value is -3.44. The highest BCUT2D eigenvalue weighted by Gasteiger charge is 2.26. The highest BCUT2D eigenvalue weighted by Crippen LogP contribution is 2.19. The van der Waals surface area contributed by atoms with E-state index in [9.17, 15) is 23.0 Å². The molecule has 0 bridgehead atoms. The maximum atomic E-state index is 14.8. The van der Waals surface area contributed by atoms with Crippen molar-refractivity contribution in [3.05, 3.63) is 65.0 Å². The number of hydrogen-bond acceptors (Lipinski definition) is 5. The Morgan fingerprint density at radius 2 is 1.77 bits per heavy atom. The number of amides is 4. The van der Waals surface area contributed by atoms with Crippen LogP contribution >= 0.6 is 0 Å². The molecule has 40 heavy (non-hydrogen) atoms. The molecule has 2 heterocycles. The monoisotopic (exact) mass is 571 g/mol. The molecule has 2 aliphatic rings. The second kappa shape index (κ2) is 12.0. The fourth-order valence-corrected chi connectivity index (χ4v) is 6.74. The van der Waals surface area contributed by atoms with Crippen molar-refractivity contribution >= 4 is 38.9 Å². The van der Waals surface area contributed by atoms with Crippen molar-refractivity contribution in [2.75, 3.05) is 43.0 Å². The number of carbonyl (C=O) groups excluding carboxylic acids is 3. The van der Waals surface area contributed by atoms with Gasteiger partial charge in [0, 0.05) is 66.9 Å². The molecule has 3 N–H and O–H groups in total. The van der Waals surface area contributed by atoms with E-state index in [2.05, 4.69) is 26.7 Å². The minimum Gasteiger partial charge on any atom is -0.347 e. The van der Waals surface area contributed by atoms with E-state index in [1.54, 1.807) is 11.0 Å². The Morgan fingerprint density at radius 1 is 1.05 bits per heavy atom. The molecule has 2 unspecified atom stereocenters. The van der Waals surface area contributed by atoms with Crippen LogP contribution in [-0.4, -0.2) is 87.0 Å². The molecule has 0 aliphatic carbocycles. The molecule has 216 valence electrons. The van der Waals surface area contributed by atoms with Crippen LogP contribution in [-0.2, 0) is 16.1 Å². The predicted molar refractivity (Wildman–Crippen MR) is 157 cm³/mol. The summed E-state index contributed by atoms with van der Waals surface area (Å²) in [7, 11) is -2.15. The summed E-state index contributed by atoms with van der Waals surface area (Å²) in [5.41, 5.74) is 1.48. The van der Waals surface area contributed by atoms with Crippen LogP contribution in [0.25, 0.3) is 0 Å². The summed E-state index contributed by atoms with van der Waals surface area (Å²) in [6.45, 7) is 8.75. The Balaban J connectivity index is 1.28. The van der Waals surface area contributed by atoms with Crippen molar-refractivity contribution in [2.24, 2.45) is 0 Å². The number of nitrogens with zero attached hydrogens (tertiary/aromatic N) is 2. The van der Waals surface area contributed by atoms with Crippen LogP contribution in [0.2, 0.25) is 0 Å². The van der Waals surface area contributed by atoms with Gasteiger partial charge in [-0.2, -0.15) is 0 Å². The molecule has 9 nitrogen and oxygen atoms in total. The summed E-state index contributed by atoms with van der Waals surface area (Å²) in [4.78, 5) is 41.7. The molecule has 2 fully saturated rings. The Labute approximate surface area is 235 Å². The van der Waals surface area contributed by atoms with Gasteiger partial charge in [-0.25, -0.2) is 9.18 Å². The second-order valence-electron chi connectivity index (χ2n) is 11.6. The van der Waals surface area contributed by atoms with Crippen molar-refractivity contribution in [2.45, 2.75) is 45.3 Å². The molecule has 0 saturated carbocycles. The van der Waals surface area contributed by atoms with E-state index in [0.29, 0.717) is 56.2 Å². The second-order valence-corrected chi connectivity index (χ2v) is 14.3. The lowest BCUT2D eigenvalue weighted by atomic mass is 10.1. The molecule has 2 atom stereocenters. The topological polar surface area (TPSA) is 111 Å². The highest BCUT2D eigenvalue weighted by atomic mass is 32.2. The van der Waals surface area contributed by atoms with Crippen molar-refractivity contribution in [3.8, 4) is 0 Å². The van der Waals surface area contributed by atoms with Crippen LogP contribution in [0.1, 0.15) is 53.5 Å². The molecule has 2 aromatic carbocycles. The molecule has 4 amide bonds. The summed E-state index contributed by atoms with van der Waals surface area (Å²) < 4.78 is 26.8. The molecule has 0 radical (unpaired) electrons. The predicted octanol–water partition coefficient (Wildman–Crippen LogP) is 2.92. The number of anilines is 1. The molecule has 0 aromatic heterocycles. The third-order valence-corrected chi connectivity index (χ3v) is 8.88. The van der Waals surface area contributed by atoms with Gasteiger partial charge in [0.05, 0.1) is 5.69 Å². The Kier molecular flexibility index (Phi) is 8.84. The van der Waals surface area contributed by atoms with Gasteiger partial charge in [-0.05, 0) is 78.5 Å². The number of halogens is 1. The SMILES string of the molecule is C=S1(=O)CCC(NC(=O)Nc2ccc(C(=O)N3CCN(Cc4cccc(C(=O)NC(C)(C)C)c4)CC3)cc2F)C1. The zero-order chi connectivity index (χ0) is 29.1. The molecular formula is C29H38FN5O4S. The van der Waals surface area contributed by atoms with Crippen molar-refractivity contribution in [1.29, 1.82) is 0 Å². The maximum Gasteiger partial charge on any atom is 0.319 e. The van der Waals surface area contributed by atoms with Crippen LogP contribution in [0.4, 0.5) is 14.9 Å². The standard InChI is InChI=1S/C29H38FN5O4S/c1-29(2,3)33-26(36)21-7-5-6-20(16-21)18-34-11-13-35(14-12-34)27(37)22-8-9-25(24(30)17-22)32-28(38)31-23-10-15-40(4,39)19-23/h5-9,16-17,23H,4,10-15,18-19H2,1-3H3,(H,33,36)(H2,31,32,38). The average molecular weight is 572 g/mol. The quantitative estimate of drug-likeness (QED) is 0.462. The summed E-state index contributed by atoms with van der Waals surface area (Å²) in [5.74, 6) is 3.35. The first-order valence-corrected chi connectivity index (χ1v) is 15.5. The largest absolute Gasteiger partial charge is 0.347 e. The molecule has 0 spiro atoms. The summed E-state index contributed by atoms with van der Waals surface area (Å²) >= 11 is 0. The van der Waals surface area contributed by atoms with E-state index in [0.717, 1.165) is 11.6 Å². The van der Waals surface area contributed by atoms with Gasteiger partial charge in [-0.15, -0.1) is 0 Å². The lowest BCUT2D eigenvalue weighted by Crippen LogP contribution is -2.48. The van der Waals surface area contributed by atoms with Crippen LogP contribution < -0.4 is 16.0 Å². The smallest absolute Gasteiger partial charge is 0.319 e. The fraction of sp³-hybridized carbons (Fsp3) is 0.448. The molecule has 2 aliphatic heterocycles. The number of urea groups is 1. The number of rotatable bonds is 6. The molecule has 4 rings (SSSR count). The van der Waals surface area contributed by atoms with Crippen molar-refractivity contribution < 1.29 is 23.0 Å². The molecular weight excluding hydrogens is 533 g/mol. The van der Waals surface area contributed by atoms with E-state index in [1.807, 2.05) is 39.0 Å². The van der Waals surface area contributed by atoms with Gasteiger partial charge in [0.25, 0.3) is 11.8 Å². The number of nitrogens with one attached hydrogen (secondary N) is 3. The van der Waals surface area contributed by atoms with Gasteiger partial charge < -0.3 is 20.9 Å². The lowest BCUT2D eigenvalue weighted by Gasteiger charge is -2.35. The van der Waals surface area contributed by atoms with Crippen molar-refractivity contribution in [1.82, 2.24) is 20.4 Å². The number of piperazine rings is 1. The summed E-state index contributed by atoms with van der Waals surface area (Å²) in [6, 6.07) is 10.7. The molecule has 2 aromatic rings. The zero-order valence-corrected chi connectivity index (χ0v) is 24.1. The molecule has 11 heteroatoms. The van der Waals surface area contributed by atoms with E-state index in [-0.39, 0.29) is 34.6 Å². The van der Waals surface area contributed by atoms with Crippen LogP contribution in [0.5, 0.6) is 0 Å². The van der Waals surface area contributed by atoms with E-state index in [4.69, 9.17) is 0 Å². The maximum absolute atomic E-state index is 14.8.